The minimum atomic E-state index is -0.865. The Hall–Kier alpha value is -3.55. The number of amides is 1. The standard InChI is InChI=1S/C28H29ClN4O3/c1-28(18-25(34)33(27(30)32-28)20-13-15-35-16-14-20)23-11-6-12-24(26(23)29)31-19-7-5-10-22(17-19)36-21-8-3-2-4-9-21/h2-12,17,20,31H,13-16,18H2,1H3,(H2,30,32)/t28-/m0/s1. The lowest BCUT2D eigenvalue weighted by Gasteiger charge is -2.40. The lowest BCUT2D eigenvalue weighted by Crippen LogP contribution is -2.55. The molecule has 36 heavy (non-hydrogen) atoms. The van der Waals surface area contributed by atoms with Gasteiger partial charge in [-0.15, -0.1) is 0 Å². The first-order valence-electron chi connectivity index (χ1n) is 12.1. The Morgan fingerprint density at radius 3 is 2.53 bits per heavy atom. The third kappa shape index (κ3) is 5.03. The first kappa shape index (κ1) is 24.2. The molecule has 1 amide bonds. The second-order valence-corrected chi connectivity index (χ2v) is 9.64. The summed E-state index contributed by atoms with van der Waals surface area (Å²) in [6.45, 7) is 3.14. The summed E-state index contributed by atoms with van der Waals surface area (Å²) in [6.07, 6.45) is 1.70. The van der Waals surface area contributed by atoms with E-state index >= 15 is 0 Å². The number of halogens is 1. The molecule has 0 bridgehead atoms. The summed E-state index contributed by atoms with van der Waals surface area (Å²) in [6, 6.07) is 23.0. The number of rotatable bonds is 6. The zero-order chi connectivity index (χ0) is 25.1. The highest BCUT2D eigenvalue weighted by Crippen LogP contribution is 2.41. The molecule has 2 aliphatic rings. The Bertz CT molecular complexity index is 1280. The Morgan fingerprint density at radius 1 is 1.06 bits per heavy atom. The zero-order valence-corrected chi connectivity index (χ0v) is 20.9. The number of nitrogens with two attached hydrogens (primary N) is 1. The van der Waals surface area contributed by atoms with Crippen LogP contribution >= 0.6 is 11.6 Å². The smallest absolute Gasteiger partial charge is 0.232 e. The summed E-state index contributed by atoms with van der Waals surface area (Å²) >= 11 is 6.89. The van der Waals surface area contributed by atoms with E-state index in [1.54, 1.807) is 4.90 Å². The van der Waals surface area contributed by atoms with Crippen LogP contribution < -0.4 is 15.8 Å². The van der Waals surface area contributed by atoms with Gasteiger partial charge in [-0.25, -0.2) is 4.99 Å². The van der Waals surface area contributed by atoms with Gasteiger partial charge in [0.1, 0.15) is 11.5 Å². The van der Waals surface area contributed by atoms with Gasteiger partial charge in [-0.2, -0.15) is 0 Å². The van der Waals surface area contributed by atoms with Crippen LogP contribution in [0.4, 0.5) is 11.4 Å². The Morgan fingerprint density at radius 2 is 1.78 bits per heavy atom. The van der Waals surface area contributed by atoms with Crippen molar-refractivity contribution in [2.24, 2.45) is 10.7 Å². The van der Waals surface area contributed by atoms with Gasteiger partial charge in [0, 0.05) is 36.6 Å². The van der Waals surface area contributed by atoms with Crippen molar-refractivity contribution < 1.29 is 14.3 Å². The van der Waals surface area contributed by atoms with E-state index in [0.29, 0.717) is 29.7 Å². The molecule has 3 aromatic rings. The molecular weight excluding hydrogens is 476 g/mol. The van der Waals surface area contributed by atoms with Crippen LogP contribution in [0.25, 0.3) is 0 Å². The van der Waals surface area contributed by atoms with E-state index in [1.807, 2.05) is 79.7 Å². The van der Waals surface area contributed by atoms with Crippen molar-refractivity contribution in [2.75, 3.05) is 18.5 Å². The molecule has 3 aromatic carbocycles. The SMILES string of the molecule is C[C@@]1(c2cccc(Nc3cccc(Oc4ccccc4)c3)c2Cl)CC(=O)N(C2CCOCC2)C(N)=N1. The van der Waals surface area contributed by atoms with Crippen LogP contribution in [-0.4, -0.2) is 36.0 Å². The number of para-hydroxylation sites is 1. The van der Waals surface area contributed by atoms with Gasteiger partial charge in [0.2, 0.25) is 5.91 Å². The number of nitrogens with one attached hydrogen (secondary N) is 1. The summed E-state index contributed by atoms with van der Waals surface area (Å²) in [5.74, 6) is 1.65. The molecular formula is C28H29ClN4O3. The van der Waals surface area contributed by atoms with Crippen molar-refractivity contribution in [3.8, 4) is 11.5 Å². The van der Waals surface area contributed by atoms with E-state index in [9.17, 15) is 4.79 Å². The van der Waals surface area contributed by atoms with Crippen molar-refractivity contribution in [2.45, 2.75) is 37.8 Å². The van der Waals surface area contributed by atoms with Gasteiger partial charge in [0.25, 0.3) is 0 Å². The van der Waals surface area contributed by atoms with E-state index in [1.165, 1.54) is 0 Å². The second-order valence-electron chi connectivity index (χ2n) is 9.26. The van der Waals surface area contributed by atoms with Gasteiger partial charge in [-0.3, -0.25) is 9.69 Å². The molecule has 3 N–H and O–H groups in total. The predicted octanol–water partition coefficient (Wildman–Crippen LogP) is 5.82. The lowest BCUT2D eigenvalue weighted by atomic mass is 9.86. The van der Waals surface area contributed by atoms with Crippen LogP contribution in [0.5, 0.6) is 11.5 Å². The number of benzene rings is 3. The summed E-state index contributed by atoms with van der Waals surface area (Å²) in [5.41, 5.74) is 7.75. The van der Waals surface area contributed by atoms with Gasteiger partial charge < -0.3 is 20.5 Å². The minimum Gasteiger partial charge on any atom is -0.457 e. The molecule has 5 rings (SSSR count). The van der Waals surface area contributed by atoms with E-state index in [0.717, 1.165) is 29.8 Å². The van der Waals surface area contributed by atoms with E-state index in [2.05, 4.69) is 5.32 Å². The summed E-state index contributed by atoms with van der Waals surface area (Å²) in [7, 11) is 0. The molecule has 0 aromatic heterocycles. The number of carbonyl (C=O) groups is 1. The van der Waals surface area contributed by atoms with E-state index < -0.39 is 5.54 Å². The molecule has 2 aliphatic heterocycles. The summed E-state index contributed by atoms with van der Waals surface area (Å²) in [4.78, 5) is 19.6. The van der Waals surface area contributed by atoms with Gasteiger partial charge in [0.05, 0.1) is 22.7 Å². The topological polar surface area (TPSA) is 89.2 Å². The highest BCUT2D eigenvalue weighted by atomic mass is 35.5. The van der Waals surface area contributed by atoms with Crippen molar-refractivity contribution >= 4 is 34.8 Å². The quantitative estimate of drug-likeness (QED) is 0.441. The maximum atomic E-state index is 13.2. The van der Waals surface area contributed by atoms with E-state index in [-0.39, 0.29) is 24.3 Å². The third-order valence-corrected chi connectivity index (χ3v) is 7.01. The zero-order valence-electron chi connectivity index (χ0n) is 20.1. The third-order valence-electron chi connectivity index (χ3n) is 6.60. The molecule has 186 valence electrons. The van der Waals surface area contributed by atoms with Crippen molar-refractivity contribution in [3.05, 3.63) is 83.4 Å². The largest absolute Gasteiger partial charge is 0.457 e. The van der Waals surface area contributed by atoms with Crippen LogP contribution in [0.1, 0.15) is 31.7 Å². The van der Waals surface area contributed by atoms with E-state index in [4.69, 9.17) is 31.8 Å². The van der Waals surface area contributed by atoms with Crippen molar-refractivity contribution in [1.82, 2.24) is 4.90 Å². The fourth-order valence-corrected chi connectivity index (χ4v) is 5.18. The summed E-state index contributed by atoms with van der Waals surface area (Å²) < 4.78 is 11.4. The number of aliphatic imine (C=N–C) groups is 1. The highest BCUT2D eigenvalue weighted by molar-refractivity contribution is 6.34. The number of guanidine groups is 1. The monoisotopic (exact) mass is 504 g/mol. The fourth-order valence-electron chi connectivity index (χ4n) is 4.81. The molecule has 1 atom stereocenters. The molecule has 2 heterocycles. The number of carbonyl (C=O) groups excluding carboxylic acids is 1. The first-order chi connectivity index (χ1) is 17.4. The van der Waals surface area contributed by atoms with Crippen molar-refractivity contribution in [3.63, 3.8) is 0 Å². The fraction of sp³-hybridized carbons (Fsp3) is 0.286. The van der Waals surface area contributed by atoms with Gasteiger partial charge in [0.15, 0.2) is 5.96 Å². The maximum Gasteiger partial charge on any atom is 0.232 e. The molecule has 1 saturated heterocycles. The minimum absolute atomic E-state index is 0.0217. The average molecular weight is 505 g/mol. The number of ether oxygens (including phenoxy) is 2. The number of hydrogen-bond donors (Lipinski definition) is 2. The molecule has 8 heteroatoms. The van der Waals surface area contributed by atoms with Crippen LogP contribution in [0.3, 0.4) is 0 Å². The van der Waals surface area contributed by atoms with Crippen LogP contribution in [0, 0.1) is 0 Å². The second kappa shape index (κ2) is 10.2. The van der Waals surface area contributed by atoms with Gasteiger partial charge >= 0.3 is 0 Å². The Kier molecular flexibility index (Phi) is 6.85. The average Bonchev–Trinajstić information content (AvgIpc) is 2.86. The molecule has 7 nitrogen and oxygen atoms in total. The normalized spacial score (nSPS) is 20.7. The Labute approximate surface area is 215 Å². The molecule has 1 fully saturated rings. The van der Waals surface area contributed by atoms with Crippen LogP contribution in [0.15, 0.2) is 77.8 Å². The number of hydrogen-bond acceptors (Lipinski definition) is 6. The first-order valence-corrected chi connectivity index (χ1v) is 12.4. The maximum absolute atomic E-state index is 13.2. The van der Waals surface area contributed by atoms with Crippen molar-refractivity contribution in [1.29, 1.82) is 0 Å². The number of anilines is 2. The van der Waals surface area contributed by atoms with Crippen LogP contribution in [-0.2, 0) is 15.1 Å². The van der Waals surface area contributed by atoms with Crippen LogP contribution in [0.2, 0.25) is 5.02 Å². The molecule has 0 unspecified atom stereocenters. The molecule has 0 saturated carbocycles. The van der Waals surface area contributed by atoms with Gasteiger partial charge in [-0.1, -0.05) is 48.0 Å². The predicted molar refractivity (Wildman–Crippen MR) is 142 cm³/mol. The molecule has 0 radical (unpaired) electrons. The molecule has 0 spiro atoms. The summed E-state index contributed by atoms with van der Waals surface area (Å²) in [5, 5.41) is 3.88. The van der Waals surface area contributed by atoms with Gasteiger partial charge in [-0.05, 0) is 50.1 Å². The lowest BCUT2D eigenvalue weighted by molar-refractivity contribution is -0.132. The highest BCUT2D eigenvalue weighted by Gasteiger charge is 2.41. The Balaban J connectivity index is 1.39. The number of nitrogens with zero attached hydrogens (tertiary/aromatic N) is 2. The molecule has 0 aliphatic carbocycles.